The molecule has 2 aromatic rings. The third kappa shape index (κ3) is 3.45. The molecule has 0 saturated heterocycles. The van der Waals surface area contributed by atoms with Crippen molar-refractivity contribution in [1.29, 1.82) is 0 Å². The molecule has 1 unspecified atom stereocenters. The number of nitrogens with zero attached hydrogens (tertiary/aromatic N) is 2. The van der Waals surface area contributed by atoms with Crippen LogP contribution in [0, 0.1) is 0 Å². The highest BCUT2D eigenvalue weighted by atomic mass is 16.2. The van der Waals surface area contributed by atoms with E-state index in [1.165, 1.54) is 0 Å². The molecule has 0 radical (unpaired) electrons. The van der Waals surface area contributed by atoms with Gasteiger partial charge < -0.3 is 10.3 Å². The van der Waals surface area contributed by atoms with Gasteiger partial charge in [-0.25, -0.2) is 4.98 Å². The number of imidazole rings is 1. The Morgan fingerprint density at radius 1 is 1.26 bits per heavy atom. The normalized spacial score (nSPS) is 16.2. The van der Waals surface area contributed by atoms with Crippen molar-refractivity contribution < 1.29 is 4.79 Å². The molecule has 23 heavy (non-hydrogen) atoms. The maximum absolute atomic E-state index is 12.2. The van der Waals surface area contributed by atoms with Gasteiger partial charge in [-0.3, -0.25) is 9.69 Å². The van der Waals surface area contributed by atoms with Gasteiger partial charge in [-0.2, -0.15) is 0 Å². The minimum Gasteiger partial charge on any atom is -0.353 e. The van der Waals surface area contributed by atoms with Gasteiger partial charge in [-0.05, 0) is 20.8 Å². The van der Waals surface area contributed by atoms with Crippen molar-refractivity contribution in [3.63, 3.8) is 0 Å². The summed E-state index contributed by atoms with van der Waals surface area (Å²) in [6.07, 6.45) is 0.873. The van der Waals surface area contributed by atoms with Gasteiger partial charge in [-0.1, -0.05) is 30.3 Å². The second-order valence-corrected chi connectivity index (χ2v) is 6.44. The van der Waals surface area contributed by atoms with Gasteiger partial charge in [0.15, 0.2) is 0 Å². The molecule has 2 N–H and O–H groups in total. The average Bonchev–Trinajstić information content (AvgIpc) is 2.97. The Labute approximate surface area is 137 Å². The Kier molecular flexibility index (Phi) is 4.48. The van der Waals surface area contributed by atoms with Gasteiger partial charge >= 0.3 is 0 Å². The molecule has 122 valence electrons. The molecule has 5 nitrogen and oxygen atoms in total. The molecule has 0 aliphatic carbocycles. The summed E-state index contributed by atoms with van der Waals surface area (Å²) in [7, 11) is 0. The zero-order valence-corrected chi connectivity index (χ0v) is 14.0. The van der Waals surface area contributed by atoms with Crippen LogP contribution in [0.2, 0.25) is 0 Å². The minimum absolute atomic E-state index is 0.0891. The Balaban J connectivity index is 1.74. The summed E-state index contributed by atoms with van der Waals surface area (Å²) in [4.78, 5) is 22.6. The lowest BCUT2D eigenvalue weighted by atomic mass is 10.1. The van der Waals surface area contributed by atoms with Crippen molar-refractivity contribution in [3.05, 3.63) is 41.7 Å². The van der Waals surface area contributed by atoms with E-state index in [1.807, 2.05) is 39.0 Å². The maximum atomic E-state index is 12.2. The summed E-state index contributed by atoms with van der Waals surface area (Å²) >= 11 is 0. The van der Waals surface area contributed by atoms with Crippen molar-refractivity contribution in [2.75, 3.05) is 6.54 Å². The predicted octanol–water partition coefficient (Wildman–Crippen LogP) is 2.35. The molecule has 1 aliphatic heterocycles. The number of rotatable bonds is 4. The van der Waals surface area contributed by atoms with Crippen LogP contribution in [-0.2, 0) is 17.8 Å². The van der Waals surface area contributed by atoms with Crippen LogP contribution in [0.1, 0.15) is 32.2 Å². The molecular weight excluding hydrogens is 288 g/mol. The number of amides is 1. The fraction of sp³-hybridized carbons (Fsp3) is 0.444. The predicted molar refractivity (Wildman–Crippen MR) is 90.9 cm³/mol. The molecule has 1 aromatic carbocycles. The van der Waals surface area contributed by atoms with E-state index in [4.69, 9.17) is 4.98 Å². The largest absolute Gasteiger partial charge is 0.353 e. The molecule has 1 aromatic heterocycles. The highest BCUT2D eigenvalue weighted by molar-refractivity contribution is 5.81. The number of carbonyl (C=O) groups is 1. The van der Waals surface area contributed by atoms with Crippen molar-refractivity contribution in [2.24, 2.45) is 0 Å². The van der Waals surface area contributed by atoms with Crippen LogP contribution in [-0.4, -0.2) is 39.4 Å². The summed E-state index contributed by atoms with van der Waals surface area (Å²) in [5.41, 5.74) is 3.34. The minimum atomic E-state index is -0.131. The number of aromatic amines is 1. The van der Waals surface area contributed by atoms with Gasteiger partial charge in [-0.15, -0.1) is 0 Å². The van der Waals surface area contributed by atoms with Gasteiger partial charge in [0.2, 0.25) is 5.91 Å². The number of H-pyrrole nitrogens is 1. The number of hydrogen-bond donors (Lipinski definition) is 2. The molecule has 0 fully saturated rings. The molecule has 2 heterocycles. The lowest BCUT2D eigenvalue weighted by Gasteiger charge is -2.31. The standard InChI is InChI=1S/C18H24N4O/c1-12(2)19-18(23)13(3)22-10-9-15-16(11-22)21-17(20-15)14-7-5-4-6-8-14/h4-8,12-13H,9-11H2,1-3H3,(H,19,23)(H,20,21). The van der Waals surface area contributed by atoms with Crippen LogP contribution in [0.5, 0.6) is 0 Å². The first-order valence-electron chi connectivity index (χ1n) is 8.22. The molecule has 3 rings (SSSR count). The van der Waals surface area contributed by atoms with Crippen LogP contribution in [0.4, 0.5) is 0 Å². The number of carbonyl (C=O) groups excluding carboxylic acids is 1. The monoisotopic (exact) mass is 312 g/mol. The smallest absolute Gasteiger partial charge is 0.237 e. The Morgan fingerprint density at radius 2 is 2.00 bits per heavy atom. The van der Waals surface area contributed by atoms with E-state index in [0.29, 0.717) is 0 Å². The molecule has 1 aliphatic rings. The summed E-state index contributed by atoms with van der Waals surface area (Å²) in [6.45, 7) is 7.54. The molecule has 5 heteroatoms. The van der Waals surface area contributed by atoms with Gasteiger partial charge in [0.1, 0.15) is 5.82 Å². The quantitative estimate of drug-likeness (QED) is 0.911. The van der Waals surface area contributed by atoms with Crippen molar-refractivity contribution in [2.45, 2.75) is 45.8 Å². The van der Waals surface area contributed by atoms with E-state index < -0.39 is 0 Å². The summed E-state index contributed by atoms with van der Waals surface area (Å²) in [5, 5.41) is 2.99. The lowest BCUT2D eigenvalue weighted by Crippen LogP contribution is -2.48. The third-order valence-corrected chi connectivity index (χ3v) is 4.27. The zero-order valence-electron chi connectivity index (χ0n) is 14.0. The van der Waals surface area contributed by atoms with Crippen LogP contribution < -0.4 is 5.32 Å². The van der Waals surface area contributed by atoms with E-state index in [2.05, 4.69) is 27.3 Å². The van der Waals surface area contributed by atoms with Crippen molar-refractivity contribution in [1.82, 2.24) is 20.2 Å². The lowest BCUT2D eigenvalue weighted by molar-refractivity contribution is -0.126. The van der Waals surface area contributed by atoms with Gasteiger partial charge in [0.05, 0.1) is 17.4 Å². The molecule has 1 atom stereocenters. The summed E-state index contributed by atoms with van der Waals surface area (Å²) in [5.74, 6) is 1.00. The van der Waals surface area contributed by atoms with E-state index in [0.717, 1.165) is 42.3 Å². The zero-order chi connectivity index (χ0) is 16.4. The second kappa shape index (κ2) is 6.54. The average molecular weight is 312 g/mol. The van der Waals surface area contributed by atoms with E-state index in [9.17, 15) is 4.79 Å². The number of aromatic nitrogens is 2. The molecule has 1 amide bonds. The Hall–Kier alpha value is -2.14. The number of hydrogen-bond acceptors (Lipinski definition) is 3. The number of benzene rings is 1. The Bertz CT molecular complexity index is 678. The molecule has 0 saturated carbocycles. The highest BCUT2D eigenvalue weighted by Crippen LogP contribution is 2.23. The Morgan fingerprint density at radius 3 is 2.70 bits per heavy atom. The van der Waals surface area contributed by atoms with Crippen molar-refractivity contribution in [3.8, 4) is 11.4 Å². The van der Waals surface area contributed by atoms with E-state index in [1.54, 1.807) is 0 Å². The second-order valence-electron chi connectivity index (χ2n) is 6.44. The molecule has 0 bridgehead atoms. The van der Waals surface area contributed by atoms with Crippen LogP contribution in [0.25, 0.3) is 11.4 Å². The van der Waals surface area contributed by atoms with Crippen molar-refractivity contribution >= 4 is 5.91 Å². The summed E-state index contributed by atoms with van der Waals surface area (Å²) < 4.78 is 0. The van der Waals surface area contributed by atoms with Gasteiger partial charge in [0.25, 0.3) is 0 Å². The van der Waals surface area contributed by atoms with Crippen LogP contribution in [0.3, 0.4) is 0 Å². The van der Waals surface area contributed by atoms with E-state index >= 15 is 0 Å². The fourth-order valence-electron chi connectivity index (χ4n) is 2.95. The molecule has 0 spiro atoms. The third-order valence-electron chi connectivity index (χ3n) is 4.27. The number of fused-ring (bicyclic) bond motifs is 1. The first-order valence-corrected chi connectivity index (χ1v) is 8.22. The van der Waals surface area contributed by atoms with Crippen LogP contribution in [0.15, 0.2) is 30.3 Å². The van der Waals surface area contributed by atoms with E-state index in [-0.39, 0.29) is 18.0 Å². The van der Waals surface area contributed by atoms with Gasteiger partial charge in [0, 0.05) is 31.1 Å². The molecular formula is C18H24N4O. The topological polar surface area (TPSA) is 61.0 Å². The first kappa shape index (κ1) is 15.7. The SMILES string of the molecule is CC(C)NC(=O)C(C)N1CCc2nc(-c3ccccc3)[nH]c2C1. The van der Waals surface area contributed by atoms with Crippen LogP contribution >= 0.6 is 0 Å². The number of nitrogens with one attached hydrogen (secondary N) is 2. The highest BCUT2D eigenvalue weighted by Gasteiger charge is 2.27. The first-order chi connectivity index (χ1) is 11.0. The maximum Gasteiger partial charge on any atom is 0.237 e. The summed E-state index contributed by atoms with van der Waals surface area (Å²) in [6, 6.07) is 10.2. The fourth-order valence-corrected chi connectivity index (χ4v) is 2.95.